The first-order valence-corrected chi connectivity index (χ1v) is 4.30. The first-order chi connectivity index (χ1) is 7.86. The summed E-state index contributed by atoms with van der Waals surface area (Å²) >= 11 is 0. The zero-order valence-electron chi connectivity index (χ0n) is 8.58. The van der Waals surface area contributed by atoms with Crippen LogP contribution >= 0.6 is 0 Å². The Hall–Kier alpha value is -0.900. The quantitative estimate of drug-likeness (QED) is 0.730. The van der Waals surface area contributed by atoms with Crippen molar-refractivity contribution in [2.75, 3.05) is 6.67 Å². The molecule has 0 aromatic heterocycles. The van der Waals surface area contributed by atoms with Gasteiger partial charge in [0, 0.05) is 6.42 Å². The van der Waals surface area contributed by atoms with Gasteiger partial charge >= 0.3 is 18.1 Å². The van der Waals surface area contributed by atoms with Crippen LogP contribution in [0.25, 0.3) is 0 Å². The molecule has 1 unspecified atom stereocenters. The van der Waals surface area contributed by atoms with Crippen LogP contribution in [0.15, 0.2) is 12.4 Å². The Labute approximate surface area is 95.8 Å². The van der Waals surface area contributed by atoms with E-state index in [9.17, 15) is 35.1 Å². The fourth-order valence-corrected chi connectivity index (χ4v) is 0.850. The SMILES string of the molecule is C=C(F)C(F)(F)OC(CCF)C(F)(F)C(O)(F)F. The van der Waals surface area contributed by atoms with Crippen LogP contribution < -0.4 is 0 Å². The maximum absolute atomic E-state index is 12.8. The zero-order chi connectivity index (χ0) is 14.8. The standard InChI is InChI=1S/C8H8F8O2/c1-4(10)7(13,14)18-5(2-3-9)6(11,12)8(15,16)17/h5,17H,1-3H2. The van der Waals surface area contributed by atoms with E-state index in [1.807, 2.05) is 0 Å². The van der Waals surface area contributed by atoms with Crippen molar-refractivity contribution in [3.05, 3.63) is 12.4 Å². The summed E-state index contributed by atoms with van der Waals surface area (Å²) in [6, 6.07) is 0. The van der Waals surface area contributed by atoms with Crippen molar-refractivity contribution in [1.82, 2.24) is 0 Å². The molecule has 108 valence electrons. The maximum atomic E-state index is 12.8. The lowest BCUT2D eigenvalue weighted by Gasteiger charge is -2.31. The number of rotatable bonds is 7. The van der Waals surface area contributed by atoms with Crippen molar-refractivity contribution in [3.63, 3.8) is 0 Å². The lowest BCUT2D eigenvalue weighted by molar-refractivity contribution is -0.380. The lowest BCUT2D eigenvalue weighted by Crippen LogP contribution is -2.53. The molecule has 0 bridgehead atoms. The van der Waals surface area contributed by atoms with E-state index < -0.39 is 43.2 Å². The van der Waals surface area contributed by atoms with Gasteiger partial charge in [0.2, 0.25) is 0 Å². The molecule has 0 aromatic carbocycles. The molecule has 1 atom stereocenters. The minimum Gasteiger partial charge on any atom is -0.331 e. The molecule has 2 nitrogen and oxygen atoms in total. The van der Waals surface area contributed by atoms with Crippen LogP contribution in [-0.4, -0.2) is 36.0 Å². The van der Waals surface area contributed by atoms with E-state index in [-0.39, 0.29) is 0 Å². The minimum absolute atomic E-state index is 1.61. The molecule has 0 saturated heterocycles. The summed E-state index contributed by atoms with van der Waals surface area (Å²) in [5, 5.41) is 7.83. The second-order valence-electron chi connectivity index (χ2n) is 3.17. The number of aliphatic hydroxyl groups is 1. The normalized spacial score (nSPS) is 15.6. The van der Waals surface area contributed by atoms with E-state index in [4.69, 9.17) is 5.11 Å². The topological polar surface area (TPSA) is 29.5 Å². The Balaban J connectivity index is 5.16. The Kier molecular flexibility index (Phi) is 5.12. The first kappa shape index (κ1) is 17.1. The third-order valence-corrected chi connectivity index (χ3v) is 1.78. The number of halogens is 8. The van der Waals surface area contributed by atoms with Crippen LogP contribution in [0, 0.1) is 0 Å². The number of hydrogen-bond donors (Lipinski definition) is 1. The summed E-state index contributed by atoms with van der Waals surface area (Å²) < 4.78 is 102. The molecule has 0 saturated carbocycles. The highest BCUT2D eigenvalue weighted by molar-refractivity contribution is 4.94. The van der Waals surface area contributed by atoms with E-state index in [0.29, 0.717) is 0 Å². The molecule has 1 N–H and O–H groups in total. The smallest absolute Gasteiger partial charge is 0.331 e. The van der Waals surface area contributed by atoms with Gasteiger partial charge in [-0.05, 0) is 0 Å². The first-order valence-electron chi connectivity index (χ1n) is 4.30. The summed E-state index contributed by atoms with van der Waals surface area (Å²) in [4.78, 5) is 0. The van der Waals surface area contributed by atoms with Crippen LogP contribution in [0.5, 0.6) is 0 Å². The van der Waals surface area contributed by atoms with Crippen molar-refractivity contribution < 1.29 is 45.0 Å². The second kappa shape index (κ2) is 5.39. The number of ether oxygens (including phenoxy) is 1. The Morgan fingerprint density at radius 2 is 1.61 bits per heavy atom. The van der Waals surface area contributed by atoms with Crippen LogP contribution in [0.3, 0.4) is 0 Å². The van der Waals surface area contributed by atoms with Crippen LogP contribution in [0.4, 0.5) is 35.1 Å². The summed E-state index contributed by atoms with van der Waals surface area (Å²) in [5.41, 5.74) is 0. The highest BCUT2D eigenvalue weighted by Gasteiger charge is 2.63. The number of alkyl halides is 7. The monoisotopic (exact) mass is 288 g/mol. The molecule has 0 amide bonds. The van der Waals surface area contributed by atoms with E-state index in [0.717, 1.165) is 0 Å². The van der Waals surface area contributed by atoms with E-state index in [1.165, 1.54) is 0 Å². The van der Waals surface area contributed by atoms with Gasteiger partial charge in [0.1, 0.15) is 6.10 Å². The molecule has 0 aromatic rings. The third-order valence-electron chi connectivity index (χ3n) is 1.78. The van der Waals surface area contributed by atoms with Gasteiger partial charge in [-0.25, -0.2) is 4.39 Å². The van der Waals surface area contributed by atoms with Gasteiger partial charge in [0.15, 0.2) is 5.83 Å². The summed E-state index contributed by atoms with van der Waals surface area (Å²) in [7, 11) is 0. The van der Waals surface area contributed by atoms with Gasteiger partial charge in [-0.15, -0.1) is 0 Å². The second-order valence-corrected chi connectivity index (χ2v) is 3.17. The highest BCUT2D eigenvalue weighted by Crippen LogP contribution is 2.41. The molecule has 0 aliphatic rings. The van der Waals surface area contributed by atoms with E-state index >= 15 is 0 Å². The van der Waals surface area contributed by atoms with Crippen molar-refractivity contribution in [3.8, 4) is 0 Å². The average Bonchev–Trinajstić information content (AvgIpc) is 2.14. The van der Waals surface area contributed by atoms with Gasteiger partial charge in [-0.2, -0.15) is 26.3 Å². The zero-order valence-corrected chi connectivity index (χ0v) is 8.58. The molecular formula is C8H8F8O2. The predicted molar refractivity (Wildman–Crippen MR) is 42.8 cm³/mol. The van der Waals surface area contributed by atoms with E-state index in [2.05, 4.69) is 11.3 Å². The molecule has 18 heavy (non-hydrogen) atoms. The summed E-state index contributed by atoms with van der Waals surface area (Å²) in [6.07, 6.45) is -15.8. The molecule has 0 rings (SSSR count). The lowest BCUT2D eigenvalue weighted by atomic mass is 10.1. The molecule has 10 heteroatoms. The fourth-order valence-electron chi connectivity index (χ4n) is 0.850. The third kappa shape index (κ3) is 3.80. The fraction of sp³-hybridized carbons (Fsp3) is 0.750. The van der Waals surface area contributed by atoms with Gasteiger partial charge in [-0.1, -0.05) is 6.58 Å². The average molecular weight is 288 g/mol. The maximum Gasteiger partial charge on any atom is 0.419 e. The predicted octanol–water partition coefficient (Wildman–Crippen LogP) is 3.03. The molecule has 0 aliphatic heterocycles. The molecule has 0 fully saturated rings. The van der Waals surface area contributed by atoms with Crippen molar-refractivity contribution in [1.29, 1.82) is 0 Å². The highest BCUT2D eigenvalue weighted by atomic mass is 19.3. The van der Waals surface area contributed by atoms with Crippen molar-refractivity contribution in [2.24, 2.45) is 0 Å². The van der Waals surface area contributed by atoms with Crippen molar-refractivity contribution in [2.45, 2.75) is 30.7 Å². The van der Waals surface area contributed by atoms with Crippen LogP contribution in [0.2, 0.25) is 0 Å². The number of hydrogen-bond acceptors (Lipinski definition) is 2. The Morgan fingerprint density at radius 1 is 1.17 bits per heavy atom. The van der Waals surface area contributed by atoms with Crippen LogP contribution in [-0.2, 0) is 4.74 Å². The molecule has 0 aliphatic carbocycles. The van der Waals surface area contributed by atoms with Gasteiger partial charge in [0.25, 0.3) is 0 Å². The summed E-state index contributed by atoms with van der Waals surface area (Å²) in [6.45, 7) is 0.323. The van der Waals surface area contributed by atoms with Crippen LogP contribution in [0.1, 0.15) is 6.42 Å². The Bertz CT molecular complexity index is 298. The molecule has 0 heterocycles. The van der Waals surface area contributed by atoms with Gasteiger partial charge < -0.3 is 9.84 Å². The van der Waals surface area contributed by atoms with Crippen molar-refractivity contribution >= 4 is 0 Å². The Morgan fingerprint density at radius 3 is 1.89 bits per heavy atom. The van der Waals surface area contributed by atoms with Gasteiger partial charge in [-0.3, -0.25) is 4.39 Å². The minimum atomic E-state index is -5.74. The molecule has 0 radical (unpaired) electrons. The molecule has 0 spiro atoms. The summed E-state index contributed by atoms with van der Waals surface area (Å²) in [5.74, 6) is -8.05. The largest absolute Gasteiger partial charge is 0.419 e. The molecular weight excluding hydrogens is 280 g/mol. The van der Waals surface area contributed by atoms with Gasteiger partial charge in [0.05, 0.1) is 6.67 Å². The van der Waals surface area contributed by atoms with E-state index in [1.54, 1.807) is 0 Å².